The highest BCUT2D eigenvalue weighted by Gasteiger charge is 2.31. The van der Waals surface area contributed by atoms with Gasteiger partial charge in [-0.2, -0.15) is 0 Å². The summed E-state index contributed by atoms with van der Waals surface area (Å²) in [5.74, 6) is 0.000556. The number of aryl methyl sites for hydroxylation is 1. The van der Waals surface area contributed by atoms with E-state index in [-0.39, 0.29) is 25.0 Å². The van der Waals surface area contributed by atoms with Gasteiger partial charge in [-0.05, 0) is 63.4 Å². The highest BCUT2D eigenvalue weighted by Crippen LogP contribution is 2.35. The first-order chi connectivity index (χ1) is 15.2. The lowest BCUT2D eigenvalue weighted by Gasteiger charge is -2.34. The van der Waals surface area contributed by atoms with E-state index in [1.54, 1.807) is 43.9 Å². The molecule has 4 rings (SSSR count). The van der Waals surface area contributed by atoms with Crippen LogP contribution in [0.2, 0.25) is 0 Å². The molecule has 32 heavy (non-hydrogen) atoms. The number of hydrogen-bond acceptors (Lipinski definition) is 5. The highest BCUT2D eigenvalue weighted by molar-refractivity contribution is 6.06. The average Bonchev–Trinajstić information content (AvgIpc) is 2.74. The van der Waals surface area contributed by atoms with E-state index in [2.05, 4.69) is 5.32 Å². The molecule has 0 spiro atoms. The van der Waals surface area contributed by atoms with Gasteiger partial charge in [0.1, 0.15) is 17.9 Å². The molecule has 0 saturated carbocycles. The molecule has 0 radical (unpaired) electrons. The molecule has 0 fully saturated rings. The molecule has 2 aliphatic heterocycles. The molecule has 0 atom stereocenters. The average molecular weight is 437 g/mol. The van der Waals surface area contributed by atoms with E-state index in [0.29, 0.717) is 23.7 Å². The number of benzene rings is 2. The lowest BCUT2D eigenvalue weighted by Crippen LogP contribution is -2.47. The summed E-state index contributed by atoms with van der Waals surface area (Å²) >= 11 is 0. The van der Waals surface area contributed by atoms with Gasteiger partial charge in [0.05, 0.1) is 5.69 Å². The summed E-state index contributed by atoms with van der Waals surface area (Å²) in [6.45, 7) is 5.69. The summed E-state index contributed by atoms with van der Waals surface area (Å²) in [6, 6.07) is 12.8. The predicted molar refractivity (Wildman–Crippen MR) is 121 cm³/mol. The molecule has 0 bridgehead atoms. The minimum absolute atomic E-state index is 0.112. The lowest BCUT2D eigenvalue weighted by atomic mass is 10.0. The van der Waals surface area contributed by atoms with Crippen LogP contribution in [0.1, 0.15) is 32.8 Å². The van der Waals surface area contributed by atoms with Crippen LogP contribution in [0, 0.1) is 0 Å². The van der Waals surface area contributed by atoms with E-state index in [0.717, 1.165) is 24.1 Å². The molecule has 2 heterocycles. The Kier molecular flexibility index (Phi) is 5.78. The number of hydrogen-bond donors (Lipinski definition) is 1. The van der Waals surface area contributed by atoms with Crippen LogP contribution in [0.5, 0.6) is 5.75 Å². The van der Waals surface area contributed by atoms with E-state index < -0.39 is 11.7 Å². The van der Waals surface area contributed by atoms with Crippen LogP contribution in [-0.2, 0) is 20.7 Å². The molecule has 2 aliphatic rings. The Balaban J connectivity index is 1.55. The van der Waals surface area contributed by atoms with Crippen molar-refractivity contribution in [2.24, 2.45) is 0 Å². The second-order valence-electron chi connectivity index (χ2n) is 8.86. The van der Waals surface area contributed by atoms with E-state index in [4.69, 9.17) is 9.47 Å². The number of anilines is 3. The van der Waals surface area contributed by atoms with E-state index in [1.807, 2.05) is 24.3 Å². The van der Waals surface area contributed by atoms with Gasteiger partial charge in [-0.25, -0.2) is 4.79 Å². The minimum Gasteiger partial charge on any atom is -0.482 e. The first-order valence-electron chi connectivity index (χ1n) is 10.7. The maximum Gasteiger partial charge on any atom is 0.412 e. The Morgan fingerprint density at radius 3 is 2.69 bits per heavy atom. The van der Waals surface area contributed by atoms with Crippen molar-refractivity contribution in [3.8, 4) is 5.75 Å². The van der Waals surface area contributed by atoms with Crippen molar-refractivity contribution in [3.05, 3.63) is 48.0 Å². The topological polar surface area (TPSA) is 88.2 Å². The molecular formula is C24H27N3O5. The number of fused-ring (bicyclic) bond motifs is 2. The van der Waals surface area contributed by atoms with Gasteiger partial charge in [0.25, 0.3) is 5.91 Å². The Morgan fingerprint density at radius 2 is 1.91 bits per heavy atom. The number of rotatable bonds is 3. The van der Waals surface area contributed by atoms with Gasteiger partial charge in [0, 0.05) is 17.9 Å². The second kappa shape index (κ2) is 8.53. The monoisotopic (exact) mass is 437 g/mol. The number of carbonyl (C=O) groups is 3. The van der Waals surface area contributed by atoms with Gasteiger partial charge < -0.3 is 14.4 Å². The third-order valence-corrected chi connectivity index (χ3v) is 5.25. The van der Waals surface area contributed by atoms with Crippen LogP contribution in [0.3, 0.4) is 0 Å². The second-order valence-corrected chi connectivity index (χ2v) is 8.86. The molecule has 2 aromatic rings. The number of ether oxygens (including phenoxy) is 2. The fourth-order valence-corrected chi connectivity index (χ4v) is 3.89. The number of amides is 3. The van der Waals surface area contributed by atoms with Crippen molar-refractivity contribution in [2.75, 3.05) is 34.8 Å². The van der Waals surface area contributed by atoms with Gasteiger partial charge in [-0.1, -0.05) is 18.2 Å². The third-order valence-electron chi connectivity index (χ3n) is 5.25. The highest BCUT2D eigenvalue weighted by atomic mass is 16.6. The quantitative estimate of drug-likeness (QED) is 0.790. The van der Waals surface area contributed by atoms with E-state index in [1.165, 1.54) is 4.90 Å². The molecule has 2 aromatic carbocycles. The van der Waals surface area contributed by atoms with Gasteiger partial charge in [0.15, 0.2) is 6.61 Å². The van der Waals surface area contributed by atoms with Gasteiger partial charge in [-0.3, -0.25) is 19.8 Å². The molecule has 3 amide bonds. The molecule has 0 unspecified atom stereocenters. The minimum atomic E-state index is -0.638. The molecule has 0 saturated heterocycles. The Bertz CT molecular complexity index is 1060. The van der Waals surface area contributed by atoms with Crippen LogP contribution in [0.15, 0.2) is 42.5 Å². The number of nitrogens with zero attached hydrogens (tertiary/aromatic N) is 2. The lowest BCUT2D eigenvalue weighted by molar-refractivity contribution is -0.124. The first-order valence-corrected chi connectivity index (χ1v) is 10.7. The molecule has 1 N–H and O–H groups in total. The normalized spacial score (nSPS) is 15.4. The number of para-hydroxylation sites is 1. The Hall–Kier alpha value is -3.55. The number of nitrogens with one attached hydrogen (secondary N) is 1. The van der Waals surface area contributed by atoms with Crippen molar-refractivity contribution < 1.29 is 23.9 Å². The van der Waals surface area contributed by atoms with Crippen molar-refractivity contribution >= 4 is 35.0 Å². The summed E-state index contributed by atoms with van der Waals surface area (Å²) in [6.07, 6.45) is 1.20. The zero-order valence-electron chi connectivity index (χ0n) is 18.5. The summed E-state index contributed by atoms with van der Waals surface area (Å²) in [5, 5.41) is 2.66. The zero-order valence-corrected chi connectivity index (χ0v) is 18.5. The molecule has 168 valence electrons. The smallest absolute Gasteiger partial charge is 0.412 e. The molecule has 0 aliphatic carbocycles. The SMILES string of the molecule is CC(C)(C)OC(=O)Nc1ccc2c(c1)N(CC(=O)N1CCCc3ccccc31)C(=O)CO2. The van der Waals surface area contributed by atoms with Crippen LogP contribution in [0.25, 0.3) is 0 Å². The zero-order chi connectivity index (χ0) is 22.9. The molecule has 8 heteroatoms. The summed E-state index contributed by atoms with van der Waals surface area (Å²) < 4.78 is 10.8. The van der Waals surface area contributed by atoms with Crippen molar-refractivity contribution in [2.45, 2.75) is 39.2 Å². The van der Waals surface area contributed by atoms with Crippen LogP contribution in [-0.4, -0.2) is 43.2 Å². The standard InChI is InChI=1S/C24H27N3O5/c1-24(2,3)32-23(30)25-17-10-11-20-19(13-17)27(22(29)15-31-20)14-21(28)26-12-6-8-16-7-4-5-9-18(16)26/h4-5,7,9-11,13H,6,8,12,14-15H2,1-3H3,(H,25,30). The van der Waals surface area contributed by atoms with Crippen LogP contribution >= 0.6 is 0 Å². The fourth-order valence-electron chi connectivity index (χ4n) is 3.89. The first kappa shape index (κ1) is 21.7. The van der Waals surface area contributed by atoms with Crippen LogP contribution < -0.4 is 19.9 Å². The Morgan fingerprint density at radius 1 is 1.12 bits per heavy atom. The summed E-state index contributed by atoms with van der Waals surface area (Å²) in [7, 11) is 0. The van der Waals surface area contributed by atoms with Crippen molar-refractivity contribution in [3.63, 3.8) is 0 Å². The number of carbonyl (C=O) groups excluding carboxylic acids is 3. The maximum absolute atomic E-state index is 13.2. The third kappa shape index (κ3) is 4.69. The van der Waals surface area contributed by atoms with Crippen LogP contribution in [0.4, 0.5) is 21.9 Å². The van der Waals surface area contributed by atoms with Gasteiger partial charge >= 0.3 is 6.09 Å². The summed E-state index contributed by atoms with van der Waals surface area (Å²) in [4.78, 5) is 41.2. The fraction of sp³-hybridized carbons (Fsp3) is 0.375. The Labute approximate surface area is 187 Å². The molecule has 8 nitrogen and oxygen atoms in total. The largest absolute Gasteiger partial charge is 0.482 e. The van der Waals surface area contributed by atoms with Crippen molar-refractivity contribution in [1.29, 1.82) is 0 Å². The molecular weight excluding hydrogens is 410 g/mol. The predicted octanol–water partition coefficient (Wildman–Crippen LogP) is 3.74. The molecule has 0 aromatic heterocycles. The van der Waals surface area contributed by atoms with Gasteiger partial charge in [0.2, 0.25) is 5.91 Å². The summed E-state index contributed by atoms with van der Waals surface area (Å²) in [5.41, 5.74) is 2.26. The van der Waals surface area contributed by atoms with E-state index in [9.17, 15) is 14.4 Å². The van der Waals surface area contributed by atoms with Gasteiger partial charge in [-0.15, -0.1) is 0 Å². The van der Waals surface area contributed by atoms with Crippen molar-refractivity contribution in [1.82, 2.24) is 0 Å². The van der Waals surface area contributed by atoms with E-state index >= 15 is 0 Å². The maximum atomic E-state index is 13.2.